The third-order valence-corrected chi connectivity index (χ3v) is 11.5. The van der Waals surface area contributed by atoms with Crippen molar-refractivity contribution in [2.45, 2.75) is 0 Å². The van der Waals surface area contributed by atoms with Crippen LogP contribution in [-0.4, -0.2) is 14.7 Å². The summed E-state index contributed by atoms with van der Waals surface area (Å²) in [7, 11) is 0. The van der Waals surface area contributed by atoms with Crippen molar-refractivity contribution in [1.82, 2.24) is 9.55 Å². The van der Waals surface area contributed by atoms with Crippen LogP contribution in [0.1, 0.15) is 5.56 Å². The summed E-state index contributed by atoms with van der Waals surface area (Å²) in [6.07, 6.45) is 3.12. The van der Waals surface area contributed by atoms with Crippen LogP contribution >= 0.6 is 0 Å². The van der Waals surface area contributed by atoms with E-state index >= 15 is 0 Å². The third-order valence-electron chi connectivity index (χ3n) is 11.5. The standard InChI is InChI=1S/C48H33N3.C10H10O/c1-4-12-32(13-5-1)40-28-33(20-24-44(40)49-37-14-6-2-7-15-37)34-21-25-45-41(29-34)42-30-35(22-26-46(42)50-45)36-23-27-48-43(31-36)39-18-10-11-19-47(39)51(48)38-16-8-3-9-17-38;1-2-6-10(11)9-7-4-3-5-8-9/h1-31,49-50H;2-8,11H,1H2/b;10-6-. The molecule has 0 amide bonds. The summed E-state index contributed by atoms with van der Waals surface area (Å²) >= 11 is 0. The number of nitrogens with zero attached hydrogens (tertiary/aromatic N) is 1. The number of H-pyrrole nitrogens is 1. The summed E-state index contributed by atoms with van der Waals surface area (Å²) in [6, 6.07) is 76.9. The van der Waals surface area contributed by atoms with Gasteiger partial charge in [0.2, 0.25) is 0 Å². The maximum atomic E-state index is 9.31. The van der Waals surface area contributed by atoms with Gasteiger partial charge in [-0.05, 0) is 113 Å². The highest BCUT2D eigenvalue weighted by Gasteiger charge is 2.15. The molecule has 0 unspecified atom stereocenters. The first-order valence-corrected chi connectivity index (χ1v) is 20.8. The maximum Gasteiger partial charge on any atom is 0.122 e. The molecule has 0 aliphatic carbocycles. The minimum Gasteiger partial charge on any atom is -0.507 e. The van der Waals surface area contributed by atoms with E-state index < -0.39 is 0 Å². The Labute approximate surface area is 361 Å². The molecule has 2 heterocycles. The molecule has 0 saturated heterocycles. The second kappa shape index (κ2) is 16.7. The topological polar surface area (TPSA) is 53.0 Å². The van der Waals surface area contributed by atoms with Crippen LogP contribution in [0, 0.1) is 0 Å². The largest absolute Gasteiger partial charge is 0.507 e. The van der Waals surface area contributed by atoms with Crippen LogP contribution in [0.25, 0.3) is 88.4 Å². The number of aliphatic hydroxyl groups is 1. The van der Waals surface area contributed by atoms with Gasteiger partial charge in [-0.25, -0.2) is 0 Å². The molecule has 4 nitrogen and oxygen atoms in total. The fourth-order valence-corrected chi connectivity index (χ4v) is 8.45. The lowest BCUT2D eigenvalue weighted by Crippen LogP contribution is -1.94. The van der Waals surface area contributed by atoms with Crippen molar-refractivity contribution < 1.29 is 5.11 Å². The zero-order valence-corrected chi connectivity index (χ0v) is 34.0. The highest BCUT2D eigenvalue weighted by molar-refractivity contribution is 6.12. The summed E-state index contributed by atoms with van der Waals surface area (Å²) in [5.74, 6) is 0.251. The zero-order chi connectivity index (χ0) is 41.8. The molecule has 9 aromatic carbocycles. The molecule has 0 fully saturated rings. The monoisotopic (exact) mass is 797 g/mol. The van der Waals surface area contributed by atoms with Crippen LogP contribution in [0.5, 0.6) is 0 Å². The number of hydrogen-bond donors (Lipinski definition) is 3. The van der Waals surface area contributed by atoms with Gasteiger partial charge in [-0.15, -0.1) is 0 Å². The minimum atomic E-state index is 0.251. The van der Waals surface area contributed by atoms with Crippen molar-refractivity contribution >= 4 is 60.7 Å². The number of para-hydroxylation sites is 3. The van der Waals surface area contributed by atoms with Gasteiger partial charge >= 0.3 is 0 Å². The smallest absolute Gasteiger partial charge is 0.122 e. The third kappa shape index (κ3) is 7.42. The summed E-state index contributed by atoms with van der Waals surface area (Å²) in [5.41, 5.74) is 16.0. The summed E-state index contributed by atoms with van der Waals surface area (Å²) in [5, 5.41) is 17.9. The molecule has 11 rings (SSSR count). The Bertz CT molecular complexity index is 3380. The Morgan fingerprint density at radius 1 is 0.468 bits per heavy atom. The van der Waals surface area contributed by atoms with E-state index in [4.69, 9.17) is 0 Å². The molecular weight excluding hydrogens is 755 g/mol. The summed E-state index contributed by atoms with van der Waals surface area (Å²) in [6.45, 7) is 3.49. The fourth-order valence-electron chi connectivity index (χ4n) is 8.45. The van der Waals surface area contributed by atoms with Gasteiger partial charge in [0, 0.05) is 60.8 Å². The van der Waals surface area contributed by atoms with E-state index in [-0.39, 0.29) is 5.76 Å². The van der Waals surface area contributed by atoms with Gasteiger partial charge < -0.3 is 20.0 Å². The van der Waals surface area contributed by atoms with Crippen molar-refractivity contribution in [2.75, 3.05) is 5.32 Å². The molecule has 0 radical (unpaired) electrons. The number of nitrogens with one attached hydrogen (secondary N) is 2. The maximum absolute atomic E-state index is 9.31. The predicted octanol–water partition coefficient (Wildman–Crippen LogP) is 15.9. The van der Waals surface area contributed by atoms with E-state index in [0.29, 0.717) is 0 Å². The van der Waals surface area contributed by atoms with E-state index in [1.807, 2.05) is 36.4 Å². The van der Waals surface area contributed by atoms with Crippen molar-refractivity contribution in [3.05, 3.63) is 243 Å². The molecule has 296 valence electrons. The van der Waals surface area contributed by atoms with Gasteiger partial charge in [0.1, 0.15) is 5.76 Å². The van der Waals surface area contributed by atoms with E-state index in [1.165, 1.54) is 71.6 Å². The van der Waals surface area contributed by atoms with Crippen molar-refractivity contribution in [3.63, 3.8) is 0 Å². The lowest BCUT2D eigenvalue weighted by molar-refractivity contribution is 0.512. The Morgan fingerprint density at radius 3 is 1.65 bits per heavy atom. The van der Waals surface area contributed by atoms with Crippen LogP contribution in [0.4, 0.5) is 11.4 Å². The van der Waals surface area contributed by atoms with Crippen LogP contribution in [0.15, 0.2) is 237 Å². The Morgan fingerprint density at radius 2 is 0.984 bits per heavy atom. The molecule has 2 aromatic heterocycles. The molecule has 0 aliphatic rings. The van der Waals surface area contributed by atoms with Crippen molar-refractivity contribution in [2.24, 2.45) is 0 Å². The number of aromatic amines is 1. The second-order valence-electron chi connectivity index (χ2n) is 15.3. The normalized spacial score (nSPS) is 11.5. The first-order chi connectivity index (χ1) is 30.6. The van der Waals surface area contributed by atoms with Crippen LogP contribution in [0.2, 0.25) is 0 Å². The SMILES string of the molecule is C=C/C=C(\O)c1ccccc1.c1ccc(Nc2ccc(-c3ccc4[nH]c5ccc(-c6ccc7c(c6)c6ccccc6n7-c6ccccc6)cc5c4c3)cc2-c2ccccc2)cc1. The van der Waals surface area contributed by atoms with Crippen molar-refractivity contribution in [3.8, 4) is 39.1 Å². The van der Waals surface area contributed by atoms with Gasteiger partial charge in [0.25, 0.3) is 0 Å². The Balaban J connectivity index is 0.000000366. The lowest BCUT2D eigenvalue weighted by Gasteiger charge is -2.15. The highest BCUT2D eigenvalue weighted by Crippen LogP contribution is 2.39. The average molecular weight is 798 g/mol. The quantitative estimate of drug-likeness (QED) is 0.106. The Hall–Kier alpha value is -8.34. The van der Waals surface area contributed by atoms with E-state index in [2.05, 4.69) is 203 Å². The molecule has 0 saturated carbocycles. The number of hydrogen-bond acceptors (Lipinski definition) is 2. The average Bonchev–Trinajstić information content (AvgIpc) is 3.88. The fraction of sp³-hybridized carbons (Fsp3) is 0. The van der Waals surface area contributed by atoms with Gasteiger partial charge in [0.05, 0.1) is 11.0 Å². The van der Waals surface area contributed by atoms with E-state index in [0.717, 1.165) is 28.0 Å². The number of rotatable bonds is 8. The summed E-state index contributed by atoms with van der Waals surface area (Å²) in [4.78, 5) is 3.67. The van der Waals surface area contributed by atoms with E-state index in [9.17, 15) is 5.11 Å². The number of aromatic nitrogens is 2. The van der Waals surface area contributed by atoms with Gasteiger partial charge in [0.15, 0.2) is 0 Å². The number of aliphatic hydroxyl groups excluding tert-OH is 1. The van der Waals surface area contributed by atoms with Gasteiger partial charge in [-0.3, -0.25) is 0 Å². The van der Waals surface area contributed by atoms with Crippen LogP contribution in [0.3, 0.4) is 0 Å². The first-order valence-electron chi connectivity index (χ1n) is 20.8. The van der Waals surface area contributed by atoms with Gasteiger partial charge in [-0.1, -0.05) is 152 Å². The molecular formula is C58H43N3O. The number of benzene rings is 9. The molecule has 11 aromatic rings. The Kier molecular flexibility index (Phi) is 10.2. The zero-order valence-electron chi connectivity index (χ0n) is 34.0. The molecule has 0 atom stereocenters. The number of allylic oxidation sites excluding steroid dienone is 2. The summed E-state index contributed by atoms with van der Waals surface area (Å²) < 4.78 is 2.37. The molecule has 0 aliphatic heterocycles. The molecule has 0 spiro atoms. The molecule has 62 heavy (non-hydrogen) atoms. The highest BCUT2D eigenvalue weighted by atomic mass is 16.3. The second-order valence-corrected chi connectivity index (χ2v) is 15.3. The molecule has 4 heteroatoms. The minimum absolute atomic E-state index is 0.251. The van der Waals surface area contributed by atoms with Gasteiger partial charge in [-0.2, -0.15) is 0 Å². The number of anilines is 2. The predicted molar refractivity (Wildman–Crippen MR) is 263 cm³/mol. The van der Waals surface area contributed by atoms with Crippen LogP contribution < -0.4 is 5.32 Å². The van der Waals surface area contributed by atoms with E-state index in [1.54, 1.807) is 12.2 Å². The molecule has 3 N–H and O–H groups in total. The first kappa shape index (κ1) is 37.9. The van der Waals surface area contributed by atoms with Crippen molar-refractivity contribution in [1.29, 1.82) is 0 Å². The number of fused-ring (bicyclic) bond motifs is 6. The van der Waals surface area contributed by atoms with Crippen LogP contribution in [-0.2, 0) is 0 Å². The lowest BCUT2D eigenvalue weighted by atomic mass is 9.96. The molecule has 0 bridgehead atoms.